The Bertz CT molecular complexity index is 3060. The van der Waals surface area contributed by atoms with Gasteiger partial charge in [-0.05, 0) is 38.9 Å². The van der Waals surface area contributed by atoms with E-state index < -0.39 is 114 Å². The average Bonchev–Trinajstić information content (AvgIpc) is 3.80. The molecule has 3 nitrogen and oxygen atoms in total. The van der Waals surface area contributed by atoms with E-state index in [0.717, 1.165) is 21.8 Å². The molecule has 3 aromatic heterocycles. The third-order valence-electron chi connectivity index (χ3n) is 8.08. The lowest BCUT2D eigenvalue weighted by Crippen LogP contribution is -2.74. The van der Waals surface area contributed by atoms with Crippen molar-refractivity contribution in [3.8, 4) is 5.82 Å². The second-order valence-corrected chi connectivity index (χ2v) is 14.9. The van der Waals surface area contributed by atoms with Crippen molar-refractivity contribution in [2.45, 2.75) is 0 Å². The molecule has 0 aliphatic rings. The molecule has 5 heteroatoms. The molecule has 6 aromatic carbocycles. The van der Waals surface area contributed by atoms with E-state index in [1.54, 1.807) is 12.1 Å². The first kappa shape index (κ1) is 15.1. The first-order valence-electron chi connectivity index (χ1n) is 21.4. The van der Waals surface area contributed by atoms with E-state index in [2.05, 4.69) is 0 Å². The molecule has 3 heterocycles. The summed E-state index contributed by atoms with van der Waals surface area (Å²) < 4.78 is 137. The highest BCUT2D eigenvalue weighted by molar-refractivity contribution is 7.26. The number of aromatic nitrogens is 3. The fourth-order valence-corrected chi connectivity index (χ4v) is 11.2. The van der Waals surface area contributed by atoms with Gasteiger partial charge in [0, 0.05) is 20.9 Å². The van der Waals surface area contributed by atoms with Crippen LogP contribution in [-0.2, 0) is 0 Å². The Kier molecular flexibility index (Phi) is 3.48. The second-order valence-electron chi connectivity index (χ2n) is 10.3. The zero-order valence-corrected chi connectivity index (χ0v) is 25.0. The van der Waals surface area contributed by atoms with E-state index in [1.165, 1.54) is 23.7 Å². The highest BCUT2D eigenvalue weighted by Gasteiger charge is 2.41. The van der Waals surface area contributed by atoms with Crippen LogP contribution >= 0.6 is 11.3 Å². The van der Waals surface area contributed by atoms with Gasteiger partial charge in [0.2, 0.25) is 0 Å². The minimum Gasteiger partial charge on any atom is -0.292 e. The van der Waals surface area contributed by atoms with Crippen molar-refractivity contribution < 1.29 is 20.6 Å². The normalized spacial score (nSPS) is 16.7. The molecule has 45 heavy (non-hydrogen) atoms. The van der Waals surface area contributed by atoms with Crippen LogP contribution < -0.4 is 20.7 Å². The van der Waals surface area contributed by atoms with E-state index in [0.29, 0.717) is 26.1 Å². The molecule has 0 spiro atoms. The fourth-order valence-electron chi connectivity index (χ4n) is 6.23. The first-order valence-corrected chi connectivity index (χ1v) is 16.8. The van der Waals surface area contributed by atoms with Crippen molar-refractivity contribution in [1.29, 1.82) is 0 Å². The number of thiophene rings is 1. The van der Waals surface area contributed by atoms with Gasteiger partial charge in [-0.25, -0.2) is 9.97 Å². The molecular weight excluding hydrogens is 583 g/mol. The summed E-state index contributed by atoms with van der Waals surface area (Å²) in [5.74, 6) is 0.547. The van der Waals surface area contributed by atoms with Crippen LogP contribution in [0.15, 0.2) is 164 Å². The van der Waals surface area contributed by atoms with Crippen molar-refractivity contribution in [1.82, 2.24) is 14.5 Å². The van der Waals surface area contributed by atoms with Crippen LogP contribution in [0.2, 0.25) is 0 Å². The maximum absolute atomic E-state index is 9.36. The number of benzene rings is 6. The number of nitrogens with zero attached hydrogens (tertiary/aromatic N) is 3. The van der Waals surface area contributed by atoms with E-state index in [9.17, 15) is 8.22 Å². The van der Waals surface area contributed by atoms with E-state index >= 15 is 0 Å². The lowest BCUT2D eigenvalue weighted by atomic mass is 10.2. The van der Waals surface area contributed by atoms with E-state index in [1.807, 2.05) is 53.1 Å². The second kappa shape index (κ2) is 10.4. The number of hydrogen-bond acceptors (Lipinski definition) is 3. The zero-order chi connectivity index (χ0) is 42.8. The minimum absolute atomic E-state index is 0.0160. The topological polar surface area (TPSA) is 30.7 Å². The summed E-state index contributed by atoms with van der Waals surface area (Å²) in [4.78, 5) is 9.45. The van der Waals surface area contributed by atoms with Gasteiger partial charge in [0.15, 0.2) is 13.9 Å². The highest BCUT2D eigenvalue weighted by atomic mass is 32.1. The lowest BCUT2D eigenvalue weighted by molar-refractivity contribution is 1.08. The molecule has 9 rings (SSSR count). The van der Waals surface area contributed by atoms with Crippen LogP contribution in [0.1, 0.15) is 20.6 Å². The number of hydrogen-bond donors (Lipinski definition) is 0. The van der Waals surface area contributed by atoms with Crippen molar-refractivity contribution >= 4 is 82.3 Å². The Hall–Kier alpha value is -5.36. The van der Waals surface area contributed by atoms with Gasteiger partial charge in [-0.2, -0.15) is 0 Å². The molecule has 0 unspecified atom stereocenters. The van der Waals surface area contributed by atoms with Crippen LogP contribution in [0.5, 0.6) is 0 Å². The number of fused-ring (bicyclic) bond motifs is 6. The van der Waals surface area contributed by atoms with Crippen molar-refractivity contribution in [2.75, 3.05) is 0 Å². The smallest absolute Gasteiger partial charge is 0.179 e. The molecule has 0 aliphatic heterocycles. The van der Waals surface area contributed by atoms with Crippen molar-refractivity contribution in [3.05, 3.63) is 164 Å². The lowest BCUT2D eigenvalue weighted by Gasteiger charge is -2.34. The monoisotopic (exact) mass is 624 g/mol. The maximum atomic E-state index is 9.36. The molecule has 0 bridgehead atoms. The highest BCUT2D eigenvalue weighted by Crippen LogP contribution is 2.38. The molecule has 0 N–H and O–H groups in total. The van der Waals surface area contributed by atoms with Crippen LogP contribution in [0.4, 0.5) is 0 Å². The number of para-hydroxylation sites is 2. The summed E-state index contributed by atoms with van der Waals surface area (Å²) in [5, 5.41) is 0.799. The minimum atomic E-state index is -5.28. The Balaban J connectivity index is 1.51. The van der Waals surface area contributed by atoms with Gasteiger partial charge in [-0.1, -0.05) is 139 Å². The molecule has 0 aliphatic carbocycles. The third-order valence-corrected chi connectivity index (χ3v) is 13.4. The molecule has 9 aromatic rings. The van der Waals surface area contributed by atoms with Gasteiger partial charge in [0.05, 0.1) is 41.8 Å². The first-order chi connectivity index (χ1) is 28.5. The fraction of sp³-hybridized carbons (Fsp3) is 0. The molecule has 0 saturated heterocycles. The summed E-state index contributed by atoms with van der Waals surface area (Å²) in [6.45, 7) is 0. The van der Waals surface area contributed by atoms with Gasteiger partial charge in [-0.15, -0.1) is 11.3 Å². The predicted molar refractivity (Wildman–Crippen MR) is 193 cm³/mol. The van der Waals surface area contributed by atoms with Gasteiger partial charge in [0.25, 0.3) is 0 Å². The molecule has 212 valence electrons. The quantitative estimate of drug-likeness (QED) is 0.148. The van der Waals surface area contributed by atoms with Crippen molar-refractivity contribution in [2.24, 2.45) is 0 Å². The molecule has 0 amide bonds. The average molecular weight is 625 g/mol. The van der Waals surface area contributed by atoms with Crippen LogP contribution in [0.3, 0.4) is 0 Å². The Morgan fingerprint density at radius 2 is 1.09 bits per heavy atom. The summed E-state index contributed by atoms with van der Waals surface area (Å²) in [6.07, 6.45) is 1.39. The Morgan fingerprint density at radius 3 is 1.64 bits per heavy atom. The maximum Gasteiger partial charge on any atom is 0.179 e. The Labute approximate surface area is 286 Å². The predicted octanol–water partition coefficient (Wildman–Crippen LogP) is 7.32. The summed E-state index contributed by atoms with van der Waals surface area (Å²) in [6, 6.07) is 8.26. The molecular formula is C40H27N3SSi. The number of rotatable bonds is 5. The Morgan fingerprint density at radius 1 is 0.556 bits per heavy atom. The van der Waals surface area contributed by atoms with Gasteiger partial charge < -0.3 is 0 Å². The summed E-state index contributed by atoms with van der Waals surface area (Å²) >= 11 is 1.34. The van der Waals surface area contributed by atoms with Gasteiger partial charge in [-0.3, -0.25) is 4.57 Å². The van der Waals surface area contributed by atoms with Gasteiger partial charge in [0.1, 0.15) is 6.33 Å². The molecule has 0 radical (unpaired) electrons. The van der Waals surface area contributed by atoms with Crippen LogP contribution in [0.25, 0.3) is 47.9 Å². The largest absolute Gasteiger partial charge is 0.292 e. The van der Waals surface area contributed by atoms with Crippen LogP contribution in [-0.4, -0.2) is 22.6 Å². The summed E-state index contributed by atoms with van der Waals surface area (Å²) in [7, 11) is -5.28. The molecule has 0 atom stereocenters. The van der Waals surface area contributed by atoms with E-state index in [-0.39, 0.29) is 5.19 Å². The summed E-state index contributed by atoms with van der Waals surface area (Å²) in [5.41, 5.74) is 2.19. The van der Waals surface area contributed by atoms with E-state index in [4.69, 9.17) is 22.3 Å². The molecule has 0 saturated carbocycles. The van der Waals surface area contributed by atoms with Gasteiger partial charge >= 0.3 is 0 Å². The molecule has 0 fully saturated rings. The standard InChI is InChI=1S/C40H27N3SSi/c1-4-14-28(15-5-1)45(29-16-6-2-7-17-29,30-18-8-3-9-19-30)31-24-25-37-34(26-31)38-39(44-37)40(42-27-41-38)43-35-22-12-10-20-32(35)33-21-11-13-23-36(33)43/h1-27H/i1D,2D,3D,4D,5D,6D,7D,8D,9D,14D,15D,16D,17D,18D,19D. The van der Waals surface area contributed by atoms with Crippen LogP contribution in [0, 0.1) is 0 Å². The third kappa shape index (κ3) is 3.88. The van der Waals surface area contributed by atoms with Crippen molar-refractivity contribution in [3.63, 3.8) is 0 Å². The zero-order valence-electron chi connectivity index (χ0n) is 38.2. The SMILES string of the molecule is [2H]c1c([2H])c([2H])c([Si](c2ccc3sc4c(-n5c6ccccc6c6ccccc65)ncnc4c3c2)(c2c([2H])c([2H])c([2H])c([2H])c2[2H])c2c([2H])c([2H])c([2H])c([2H])c2[2H])c([2H])c1[2H].